The Morgan fingerprint density at radius 3 is 2.62 bits per heavy atom. The Hall–Kier alpha value is -0.720. The summed E-state index contributed by atoms with van der Waals surface area (Å²) >= 11 is 0. The summed E-state index contributed by atoms with van der Waals surface area (Å²) in [5, 5.41) is 3.02. The van der Waals surface area contributed by atoms with Crippen LogP contribution in [0.3, 0.4) is 0 Å². The molecule has 0 radical (unpaired) electrons. The molecule has 0 aliphatic carbocycles. The van der Waals surface area contributed by atoms with Gasteiger partial charge in [-0.25, -0.2) is 0 Å². The molecule has 1 unspecified atom stereocenters. The summed E-state index contributed by atoms with van der Waals surface area (Å²) < 4.78 is 0. The number of rotatable bonds is 3. The van der Waals surface area contributed by atoms with Gasteiger partial charge in [0.2, 0.25) is 0 Å². The molecule has 0 aromatic heterocycles. The number of allylic oxidation sites excluding steroid dienone is 1. The van der Waals surface area contributed by atoms with E-state index in [-0.39, 0.29) is 0 Å². The average molecular weight is 111 g/mol. The molecule has 46 valence electrons. The minimum Gasteiger partial charge on any atom is -0.385 e. The molecule has 0 aliphatic heterocycles. The third-order valence-corrected chi connectivity index (χ3v) is 0.862. The number of hydrogen-bond acceptors (Lipinski definition) is 1. The molecule has 1 nitrogen and oxygen atoms in total. The van der Waals surface area contributed by atoms with Crippen LogP contribution in [-0.2, 0) is 0 Å². The second-order valence-electron chi connectivity index (χ2n) is 1.69. The number of hydrogen-bond donors (Lipinski definition) is 1. The fourth-order valence-corrected chi connectivity index (χ4v) is 0.530. The van der Waals surface area contributed by atoms with Gasteiger partial charge in [0.05, 0.1) is 0 Å². The van der Waals surface area contributed by atoms with E-state index >= 15 is 0 Å². The first-order valence-electron chi connectivity index (χ1n) is 2.81. The molecular formula is C7H13N. The lowest BCUT2D eigenvalue weighted by Gasteiger charge is -2.02. The lowest BCUT2D eigenvalue weighted by atomic mass is 10.3. The first-order valence-corrected chi connectivity index (χ1v) is 2.81. The highest BCUT2D eigenvalue weighted by Gasteiger charge is 1.84. The summed E-state index contributed by atoms with van der Waals surface area (Å²) in [5.74, 6) is 0. The van der Waals surface area contributed by atoms with Gasteiger partial charge in [-0.15, -0.1) is 0 Å². The highest BCUT2D eigenvalue weighted by Crippen LogP contribution is 1.81. The maximum atomic E-state index is 3.54. The Labute approximate surface area is 51.1 Å². The fourth-order valence-electron chi connectivity index (χ4n) is 0.530. The molecule has 0 rings (SSSR count). The van der Waals surface area contributed by atoms with E-state index in [9.17, 15) is 0 Å². The van der Waals surface area contributed by atoms with Crippen LogP contribution in [0.5, 0.6) is 0 Å². The molecule has 0 fully saturated rings. The summed E-state index contributed by atoms with van der Waals surface area (Å²) in [6.07, 6.45) is 5.79. The Morgan fingerprint density at radius 1 is 1.62 bits per heavy atom. The molecule has 0 aromatic rings. The van der Waals surface area contributed by atoms with E-state index in [2.05, 4.69) is 24.9 Å². The van der Waals surface area contributed by atoms with Crippen molar-refractivity contribution in [2.24, 2.45) is 0 Å². The molecule has 1 heteroatoms. The van der Waals surface area contributed by atoms with Gasteiger partial charge in [0, 0.05) is 6.04 Å². The van der Waals surface area contributed by atoms with Gasteiger partial charge < -0.3 is 5.32 Å². The predicted molar refractivity (Wildman–Crippen MR) is 37.6 cm³/mol. The van der Waals surface area contributed by atoms with Crippen LogP contribution < -0.4 is 5.32 Å². The molecule has 0 aliphatic rings. The second-order valence-corrected chi connectivity index (χ2v) is 1.69. The maximum Gasteiger partial charge on any atom is 0.0410 e. The number of nitrogens with one attached hydrogen (secondary N) is 1. The molecule has 0 aromatic carbocycles. The SMILES string of the molecule is C=CNC(C)/C=C/C. The molecular weight excluding hydrogens is 98.1 g/mol. The van der Waals surface area contributed by atoms with E-state index in [1.54, 1.807) is 6.20 Å². The lowest BCUT2D eigenvalue weighted by Crippen LogP contribution is -2.16. The standard InChI is InChI=1S/C7H13N/c1-4-6-7(3)8-5-2/h4-8H,2H2,1,3H3/b6-4+. The highest BCUT2D eigenvalue weighted by molar-refractivity contribution is 4.90. The zero-order chi connectivity index (χ0) is 6.41. The predicted octanol–water partition coefficient (Wildman–Crippen LogP) is 1.68. The van der Waals surface area contributed by atoms with Crippen LogP contribution in [0.2, 0.25) is 0 Å². The first-order chi connectivity index (χ1) is 3.81. The molecule has 8 heavy (non-hydrogen) atoms. The summed E-state index contributed by atoms with van der Waals surface area (Å²) in [4.78, 5) is 0. The van der Waals surface area contributed by atoms with E-state index in [1.807, 2.05) is 13.0 Å². The molecule has 0 spiro atoms. The summed E-state index contributed by atoms with van der Waals surface area (Å²) in [6.45, 7) is 7.61. The van der Waals surface area contributed by atoms with Crippen LogP contribution in [0.4, 0.5) is 0 Å². The van der Waals surface area contributed by atoms with Crippen LogP contribution in [0.25, 0.3) is 0 Å². The van der Waals surface area contributed by atoms with Crippen molar-refractivity contribution in [2.75, 3.05) is 0 Å². The Bertz CT molecular complexity index is 84.4. The Kier molecular flexibility index (Phi) is 4.04. The van der Waals surface area contributed by atoms with Crippen molar-refractivity contribution in [2.45, 2.75) is 19.9 Å². The van der Waals surface area contributed by atoms with Crippen molar-refractivity contribution in [3.8, 4) is 0 Å². The lowest BCUT2D eigenvalue weighted by molar-refractivity contribution is 0.770. The fraction of sp³-hybridized carbons (Fsp3) is 0.429. The summed E-state index contributed by atoms with van der Waals surface area (Å²) in [7, 11) is 0. The zero-order valence-corrected chi connectivity index (χ0v) is 5.52. The normalized spacial score (nSPS) is 13.8. The van der Waals surface area contributed by atoms with Crippen molar-refractivity contribution in [3.05, 3.63) is 24.9 Å². The van der Waals surface area contributed by atoms with Crippen LogP contribution in [0.1, 0.15) is 13.8 Å². The third-order valence-electron chi connectivity index (χ3n) is 0.862. The molecule has 0 heterocycles. The van der Waals surface area contributed by atoms with E-state index in [1.165, 1.54) is 0 Å². The zero-order valence-electron chi connectivity index (χ0n) is 5.52. The molecule has 1 N–H and O–H groups in total. The molecule has 0 saturated heterocycles. The second kappa shape index (κ2) is 4.44. The summed E-state index contributed by atoms with van der Waals surface area (Å²) in [5.41, 5.74) is 0. The van der Waals surface area contributed by atoms with Gasteiger partial charge in [-0.2, -0.15) is 0 Å². The van der Waals surface area contributed by atoms with E-state index < -0.39 is 0 Å². The summed E-state index contributed by atoms with van der Waals surface area (Å²) in [6, 6.07) is 0.414. The van der Waals surface area contributed by atoms with Gasteiger partial charge in [-0.1, -0.05) is 18.7 Å². The van der Waals surface area contributed by atoms with Crippen LogP contribution in [0, 0.1) is 0 Å². The van der Waals surface area contributed by atoms with Crippen molar-refractivity contribution < 1.29 is 0 Å². The monoisotopic (exact) mass is 111 g/mol. The van der Waals surface area contributed by atoms with Crippen LogP contribution in [0.15, 0.2) is 24.9 Å². The van der Waals surface area contributed by atoms with Crippen molar-refractivity contribution in [1.82, 2.24) is 5.32 Å². The Balaban J connectivity index is 3.31. The van der Waals surface area contributed by atoms with Gasteiger partial charge in [0.25, 0.3) is 0 Å². The largest absolute Gasteiger partial charge is 0.385 e. The molecule has 0 bridgehead atoms. The molecule has 0 amide bonds. The van der Waals surface area contributed by atoms with E-state index in [4.69, 9.17) is 0 Å². The van der Waals surface area contributed by atoms with Crippen molar-refractivity contribution in [1.29, 1.82) is 0 Å². The Morgan fingerprint density at radius 2 is 2.25 bits per heavy atom. The smallest absolute Gasteiger partial charge is 0.0410 e. The van der Waals surface area contributed by atoms with Gasteiger partial charge in [-0.05, 0) is 20.0 Å². The van der Waals surface area contributed by atoms with E-state index in [0.29, 0.717) is 6.04 Å². The van der Waals surface area contributed by atoms with Gasteiger partial charge in [0.15, 0.2) is 0 Å². The maximum absolute atomic E-state index is 3.54. The van der Waals surface area contributed by atoms with Gasteiger partial charge >= 0.3 is 0 Å². The van der Waals surface area contributed by atoms with Gasteiger partial charge in [0.1, 0.15) is 0 Å². The highest BCUT2D eigenvalue weighted by atomic mass is 14.9. The van der Waals surface area contributed by atoms with Crippen molar-refractivity contribution >= 4 is 0 Å². The average Bonchev–Trinajstić information content (AvgIpc) is 1.68. The molecule has 0 saturated carbocycles. The first kappa shape index (κ1) is 7.28. The third kappa shape index (κ3) is 3.47. The molecule has 1 atom stereocenters. The van der Waals surface area contributed by atoms with E-state index in [0.717, 1.165) is 0 Å². The topological polar surface area (TPSA) is 12.0 Å². The quantitative estimate of drug-likeness (QED) is 0.546. The van der Waals surface area contributed by atoms with Gasteiger partial charge in [-0.3, -0.25) is 0 Å². The van der Waals surface area contributed by atoms with Crippen molar-refractivity contribution in [3.63, 3.8) is 0 Å². The minimum atomic E-state index is 0.414. The van der Waals surface area contributed by atoms with Crippen LogP contribution in [-0.4, -0.2) is 6.04 Å². The van der Waals surface area contributed by atoms with Crippen LogP contribution >= 0.6 is 0 Å². The minimum absolute atomic E-state index is 0.414.